The SMILES string of the molecule is COc1cccc([C@H]2[C@H](Cn3cc(CN4CCCCC4)nn3)OC(=O)N2c2ccc(Cl)cc2)c1. The first-order valence-corrected chi connectivity index (χ1v) is 12.0. The molecule has 2 fully saturated rings. The second-order valence-corrected chi connectivity index (χ2v) is 9.20. The van der Waals surface area contributed by atoms with Gasteiger partial charge >= 0.3 is 6.09 Å². The molecule has 0 radical (unpaired) electrons. The Balaban J connectivity index is 1.41. The van der Waals surface area contributed by atoms with Crippen LogP contribution >= 0.6 is 11.6 Å². The molecule has 1 amide bonds. The van der Waals surface area contributed by atoms with Crippen molar-refractivity contribution in [3.63, 3.8) is 0 Å². The summed E-state index contributed by atoms with van der Waals surface area (Å²) >= 11 is 6.08. The lowest BCUT2D eigenvalue weighted by atomic mass is 9.99. The third kappa shape index (κ3) is 4.88. The molecule has 3 aromatic rings. The third-order valence-electron chi connectivity index (χ3n) is 6.41. The second-order valence-electron chi connectivity index (χ2n) is 8.76. The van der Waals surface area contributed by atoms with Crippen molar-refractivity contribution in [2.24, 2.45) is 0 Å². The number of hydrogen-bond donors (Lipinski definition) is 0. The summed E-state index contributed by atoms with van der Waals surface area (Å²) in [5, 5.41) is 9.30. The van der Waals surface area contributed by atoms with Gasteiger partial charge in [-0.2, -0.15) is 0 Å². The number of halogens is 1. The fourth-order valence-corrected chi connectivity index (χ4v) is 4.88. The predicted octanol–water partition coefficient (Wildman–Crippen LogP) is 4.69. The van der Waals surface area contributed by atoms with Crippen molar-refractivity contribution in [3.05, 3.63) is 71.0 Å². The number of ether oxygens (including phenoxy) is 2. The van der Waals surface area contributed by atoms with Crippen molar-refractivity contribution < 1.29 is 14.3 Å². The molecule has 2 aliphatic rings. The first-order chi connectivity index (χ1) is 16.6. The summed E-state index contributed by atoms with van der Waals surface area (Å²) in [5.74, 6) is 0.719. The minimum Gasteiger partial charge on any atom is -0.497 e. The fourth-order valence-electron chi connectivity index (χ4n) is 4.76. The summed E-state index contributed by atoms with van der Waals surface area (Å²) in [5.41, 5.74) is 2.56. The van der Waals surface area contributed by atoms with Gasteiger partial charge in [0.05, 0.1) is 19.3 Å². The molecule has 0 N–H and O–H groups in total. The van der Waals surface area contributed by atoms with Crippen LogP contribution in [-0.4, -0.2) is 52.3 Å². The maximum absolute atomic E-state index is 13.1. The Labute approximate surface area is 204 Å². The van der Waals surface area contributed by atoms with Crippen LogP contribution in [-0.2, 0) is 17.8 Å². The third-order valence-corrected chi connectivity index (χ3v) is 6.66. The lowest BCUT2D eigenvalue weighted by molar-refractivity contribution is 0.117. The Kier molecular flexibility index (Phi) is 6.69. The number of carbonyl (C=O) groups is 1. The molecular formula is C25H28ClN5O3. The molecule has 5 rings (SSSR count). The highest BCUT2D eigenvalue weighted by Crippen LogP contribution is 2.39. The number of amides is 1. The van der Waals surface area contributed by atoms with Crippen LogP contribution in [0.15, 0.2) is 54.7 Å². The van der Waals surface area contributed by atoms with Crippen LogP contribution in [0.1, 0.15) is 36.6 Å². The van der Waals surface area contributed by atoms with Gasteiger partial charge in [-0.1, -0.05) is 35.4 Å². The van der Waals surface area contributed by atoms with E-state index < -0.39 is 12.2 Å². The van der Waals surface area contributed by atoms with Crippen molar-refractivity contribution in [3.8, 4) is 5.75 Å². The predicted molar refractivity (Wildman–Crippen MR) is 129 cm³/mol. The quantitative estimate of drug-likeness (QED) is 0.487. The van der Waals surface area contributed by atoms with Crippen LogP contribution in [0.3, 0.4) is 0 Å². The molecular weight excluding hydrogens is 454 g/mol. The van der Waals surface area contributed by atoms with Gasteiger partial charge < -0.3 is 9.47 Å². The minimum absolute atomic E-state index is 0.362. The molecule has 0 saturated carbocycles. The monoisotopic (exact) mass is 481 g/mol. The van der Waals surface area contributed by atoms with E-state index in [1.54, 1.807) is 28.8 Å². The lowest BCUT2D eigenvalue weighted by Gasteiger charge is -2.25. The van der Waals surface area contributed by atoms with Crippen molar-refractivity contribution in [2.45, 2.75) is 44.5 Å². The Bertz CT molecular complexity index is 1130. The van der Waals surface area contributed by atoms with Gasteiger partial charge in [0.25, 0.3) is 0 Å². The zero-order valence-corrected chi connectivity index (χ0v) is 19.9. The first kappa shape index (κ1) is 22.7. The van der Waals surface area contributed by atoms with E-state index in [-0.39, 0.29) is 6.04 Å². The summed E-state index contributed by atoms with van der Waals surface area (Å²) in [6.07, 6.45) is 4.85. The normalized spacial score (nSPS) is 21.0. The van der Waals surface area contributed by atoms with E-state index in [4.69, 9.17) is 21.1 Å². The van der Waals surface area contributed by atoms with Crippen LogP contribution in [0, 0.1) is 0 Å². The minimum atomic E-state index is -0.458. The van der Waals surface area contributed by atoms with Gasteiger partial charge in [0.2, 0.25) is 0 Å². The molecule has 1 aromatic heterocycles. The number of aromatic nitrogens is 3. The number of carbonyl (C=O) groups excluding carboxylic acids is 1. The van der Waals surface area contributed by atoms with Crippen molar-refractivity contribution in [2.75, 3.05) is 25.1 Å². The molecule has 3 heterocycles. The van der Waals surface area contributed by atoms with E-state index in [0.29, 0.717) is 17.3 Å². The average molecular weight is 482 g/mol. The fraction of sp³-hybridized carbons (Fsp3) is 0.400. The van der Waals surface area contributed by atoms with Crippen LogP contribution in [0.5, 0.6) is 5.75 Å². The van der Waals surface area contributed by atoms with Crippen LogP contribution in [0.25, 0.3) is 0 Å². The van der Waals surface area contributed by atoms with Crippen LogP contribution in [0.4, 0.5) is 10.5 Å². The summed E-state index contributed by atoms with van der Waals surface area (Å²) in [6, 6.07) is 14.5. The number of piperidine rings is 1. The van der Waals surface area contributed by atoms with E-state index >= 15 is 0 Å². The van der Waals surface area contributed by atoms with Gasteiger partial charge in [-0.3, -0.25) is 9.80 Å². The highest BCUT2D eigenvalue weighted by Gasteiger charge is 2.44. The lowest BCUT2D eigenvalue weighted by Crippen LogP contribution is -2.31. The summed E-state index contributed by atoms with van der Waals surface area (Å²) in [6.45, 7) is 3.38. The number of anilines is 1. The molecule has 178 valence electrons. The highest BCUT2D eigenvalue weighted by atomic mass is 35.5. The van der Waals surface area contributed by atoms with E-state index in [2.05, 4.69) is 15.2 Å². The molecule has 0 spiro atoms. The van der Waals surface area contributed by atoms with Gasteiger partial charge in [-0.15, -0.1) is 5.10 Å². The first-order valence-electron chi connectivity index (χ1n) is 11.6. The van der Waals surface area contributed by atoms with E-state index in [9.17, 15) is 4.79 Å². The molecule has 2 aliphatic heterocycles. The Morgan fingerprint density at radius 1 is 1.12 bits per heavy atom. The number of methoxy groups -OCH3 is 1. The van der Waals surface area contributed by atoms with Gasteiger partial charge in [0.1, 0.15) is 17.9 Å². The summed E-state index contributed by atoms with van der Waals surface area (Å²) in [7, 11) is 1.63. The highest BCUT2D eigenvalue weighted by molar-refractivity contribution is 6.30. The number of nitrogens with zero attached hydrogens (tertiary/aromatic N) is 5. The zero-order valence-electron chi connectivity index (χ0n) is 19.1. The molecule has 2 saturated heterocycles. The topological polar surface area (TPSA) is 72.7 Å². The van der Waals surface area contributed by atoms with Gasteiger partial charge in [-0.05, 0) is 67.9 Å². The van der Waals surface area contributed by atoms with Crippen molar-refractivity contribution >= 4 is 23.4 Å². The standard InChI is InChI=1S/C25H28ClN5O3/c1-33-22-7-5-6-18(14-22)24-23(34-25(32)31(24)21-10-8-19(26)9-11-21)17-30-16-20(27-28-30)15-29-12-3-2-4-13-29/h5-11,14,16,23-24H,2-4,12-13,15,17H2,1H3/t23-,24-/m0/s1. The average Bonchev–Trinajstić information content (AvgIpc) is 3.43. The molecule has 34 heavy (non-hydrogen) atoms. The Hall–Kier alpha value is -3.10. The maximum Gasteiger partial charge on any atom is 0.415 e. The molecule has 2 atom stereocenters. The van der Waals surface area contributed by atoms with E-state index in [0.717, 1.165) is 36.6 Å². The molecule has 0 bridgehead atoms. The number of likely N-dealkylation sites (tertiary alicyclic amines) is 1. The van der Waals surface area contributed by atoms with Crippen LogP contribution < -0.4 is 9.64 Å². The van der Waals surface area contributed by atoms with E-state index in [1.807, 2.05) is 42.6 Å². The van der Waals surface area contributed by atoms with Crippen molar-refractivity contribution in [1.82, 2.24) is 19.9 Å². The maximum atomic E-state index is 13.1. The number of benzene rings is 2. The van der Waals surface area contributed by atoms with Crippen LogP contribution in [0.2, 0.25) is 5.02 Å². The Morgan fingerprint density at radius 3 is 2.68 bits per heavy atom. The van der Waals surface area contributed by atoms with Gasteiger partial charge in [0.15, 0.2) is 0 Å². The Morgan fingerprint density at radius 2 is 1.91 bits per heavy atom. The van der Waals surface area contributed by atoms with Crippen molar-refractivity contribution in [1.29, 1.82) is 0 Å². The molecule has 0 aliphatic carbocycles. The summed E-state index contributed by atoms with van der Waals surface area (Å²) in [4.78, 5) is 17.1. The number of hydrogen-bond acceptors (Lipinski definition) is 6. The second kappa shape index (κ2) is 10.0. The largest absolute Gasteiger partial charge is 0.497 e. The molecule has 8 nitrogen and oxygen atoms in total. The smallest absolute Gasteiger partial charge is 0.415 e. The van der Waals surface area contributed by atoms with Gasteiger partial charge in [-0.25, -0.2) is 9.48 Å². The number of rotatable bonds is 7. The molecule has 9 heteroatoms. The summed E-state index contributed by atoms with van der Waals surface area (Å²) < 4.78 is 13.1. The van der Waals surface area contributed by atoms with Gasteiger partial charge in [0, 0.05) is 23.5 Å². The zero-order chi connectivity index (χ0) is 23.5. The molecule has 2 aromatic carbocycles. The number of cyclic esters (lactones) is 1. The van der Waals surface area contributed by atoms with E-state index in [1.165, 1.54) is 19.3 Å². The molecule has 0 unspecified atom stereocenters.